The molecular weight excluding hydrogens is 318 g/mol. The van der Waals surface area contributed by atoms with Gasteiger partial charge in [0.15, 0.2) is 0 Å². The third-order valence-corrected chi connectivity index (χ3v) is 5.51. The first-order valence-corrected chi connectivity index (χ1v) is 8.95. The van der Waals surface area contributed by atoms with Crippen LogP contribution in [0, 0.1) is 0 Å². The van der Waals surface area contributed by atoms with E-state index in [1.165, 1.54) is 11.8 Å². The van der Waals surface area contributed by atoms with Crippen LogP contribution in [0.5, 0.6) is 0 Å². The molecule has 3 atom stereocenters. The van der Waals surface area contributed by atoms with Gasteiger partial charge in [0.25, 0.3) is 0 Å². The lowest BCUT2D eigenvalue weighted by atomic mass is 9.95. The van der Waals surface area contributed by atoms with Crippen molar-refractivity contribution in [3.8, 4) is 0 Å². The smallest absolute Gasteiger partial charge is 0.218 e. The summed E-state index contributed by atoms with van der Waals surface area (Å²) in [6, 6.07) is 19.1. The van der Waals surface area contributed by atoms with Crippen LogP contribution >= 0.6 is 11.8 Å². The van der Waals surface area contributed by atoms with Crippen LogP contribution in [-0.4, -0.2) is 32.7 Å². The molecule has 0 saturated carbocycles. The molecule has 0 spiro atoms. The van der Waals surface area contributed by atoms with E-state index >= 15 is 0 Å². The monoisotopic (exact) mass is 341 g/mol. The summed E-state index contributed by atoms with van der Waals surface area (Å²) < 4.78 is 0. The maximum atomic E-state index is 13.1. The molecule has 126 valence electrons. The zero-order valence-electron chi connectivity index (χ0n) is 14.3. The average molecular weight is 341 g/mol. The quantitative estimate of drug-likeness (QED) is 0.676. The van der Waals surface area contributed by atoms with Gasteiger partial charge in [0.2, 0.25) is 5.12 Å². The Morgan fingerprint density at radius 2 is 1.62 bits per heavy atom. The van der Waals surface area contributed by atoms with Gasteiger partial charge < -0.3 is 5.11 Å². The molecule has 3 rings (SSSR count). The van der Waals surface area contributed by atoms with Crippen LogP contribution in [0.15, 0.2) is 65.6 Å². The number of rotatable bonds is 4. The van der Waals surface area contributed by atoms with Crippen LogP contribution in [-0.2, 0) is 4.79 Å². The molecule has 4 heteroatoms. The van der Waals surface area contributed by atoms with E-state index in [0.717, 1.165) is 10.5 Å². The highest BCUT2D eigenvalue weighted by Crippen LogP contribution is 2.51. The second kappa shape index (κ2) is 6.36. The van der Waals surface area contributed by atoms with Crippen LogP contribution in [0.3, 0.4) is 0 Å². The maximum Gasteiger partial charge on any atom is 0.218 e. The zero-order valence-corrected chi connectivity index (χ0v) is 15.1. The molecule has 3 nitrogen and oxygen atoms in total. The normalized spacial score (nSPS) is 24.4. The Morgan fingerprint density at radius 3 is 2.12 bits per heavy atom. The molecule has 1 heterocycles. The van der Waals surface area contributed by atoms with Crippen LogP contribution in [0.1, 0.15) is 32.4 Å². The first-order valence-electron chi connectivity index (χ1n) is 8.14. The van der Waals surface area contributed by atoms with Gasteiger partial charge in [-0.2, -0.15) is 0 Å². The van der Waals surface area contributed by atoms with E-state index in [0.29, 0.717) is 6.54 Å². The number of benzene rings is 2. The van der Waals surface area contributed by atoms with Crippen molar-refractivity contribution >= 4 is 16.9 Å². The van der Waals surface area contributed by atoms with Crippen LogP contribution in [0.2, 0.25) is 0 Å². The number of carbonyl (C=O) groups is 1. The van der Waals surface area contributed by atoms with E-state index in [-0.39, 0.29) is 10.7 Å². The molecule has 2 aromatic carbocycles. The van der Waals surface area contributed by atoms with Crippen LogP contribution in [0.25, 0.3) is 0 Å². The fraction of sp³-hybridized carbons (Fsp3) is 0.350. The maximum absolute atomic E-state index is 13.1. The Labute approximate surface area is 147 Å². The summed E-state index contributed by atoms with van der Waals surface area (Å²) in [6.07, 6.45) is -0.832. The fourth-order valence-corrected chi connectivity index (χ4v) is 4.13. The van der Waals surface area contributed by atoms with Gasteiger partial charge in [0, 0.05) is 17.0 Å². The first-order chi connectivity index (χ1) is 11.4. The third kappa shape index (κ3) is 3.14. The molecule has 0 aromatic heterocycles. The van der Waals surface area contributed by atoms with E-state index in [4.69, 9.17) is 0 Å². The number of nitrogens with zero attached hydrogens (tertiary/aromatic N) is 1. The number of aliphatic hydroxyl groups is 1. The highest BCUT2D eigenvalue weighted by atomic mass is 32.2. The molecule has 1 fully saturated rings. The molecule has 0 aliphatic carbocycles. The van der Waals surface area contributed by atoms with Crippen LogP contribution < -0.4 is 0 Å². The molecule has 1 N–H and O–H groups in total. The molecular formula is C20H23NO2S. The largest absolute Gasteiger partial charge is 0.386 e. The summed E-state index contributed by atoms with van der Waals surface area (Å²) in [5.74, 6) is 0. The highest BCUT2D eigenvalue weighted by Gasteiger charge is 2.66. The summed E-state index contributed by atoms with van der Waals surface area (Å²) in [7, 11) is 0. The van der Waals surface area contributed by atoms with E-state index in [9.17, 15) is 9.90 Å². The van der Waals surface area contributed by atoms with Gasteiger partial charge in [-0.3, -0.25) is 9.69 Å². The van der Waals surface area contributed by atoms with Crippen molar-refractivity contribution in [1.29, 1.82) is 0 Å². The number of carbonyl (C=O) groups excluding carboxylic acids is 1. The predicted molar refractivity (Wildman–Crippen MR) is 97.9 cm³/mol. The summed E-state index contributed by atoms with van der Waals surface area (Å²) in [5, 5.41) is 11.0. The molecule has 0 amide bonds. The van der Waals surface area contributed by atoms with Crippen molar-refractivity contribution in [1.82, 2.24) is 4.90 Å². The minimum absolute atomic E-state index is 0.0000203. The van der Waals surface area contributed by atoms with Crippen LogP contribution in [0.4, 0.5) is 0 Å². The van der Waals surface area contributed by atoms with E-state index < -0.39 is 11.6 Å². The summed E-state index contributed by atoms with van der Waals surface area (Å²) in [4.78, 5) is 16.1. The van der Waals surface area contributed by atoms with Crippen molar-refractivity contribution in [2.45, 2.75) is 42.8 Å². The van der Waals surface area contributed by atoms with Crippen molar-refractivity contribution in [2.75, 3.05) is 6.54 Å². The lowest BCUT2D eigenvalue weighted by Gasteiger charge is -2.29. The number of thioether (sulfide) groups is 1. The van der Waals surface area contributed by atoms with Gasteiger partial charge >= 0.3 is 0 Å². The Bertz CT molecular complexity index is 711. The number of hydrogen-bond donors (Lipinski definition) is 1. The lowest BCUT2D eigenvalue weighted by molar-refractivity contribution is -0.118. The van der Waals surface area contributed by atoms with Gasteiger partial charge in [0.1, 0.15) is 11.6 Å². The van der Waals surface area contributed by atoms with Gasteiger partial charge in [0.05, 0.1) is 0 Å². The number of hydrogen-bond acceptors (Lipinski definition) is 4. The second-order valence-electron chi connectivity index (χ2n) is 7.20. The minimum Gasteiger partial charge on any atom is -0.386 e. The molecule has 1 saturated heterocycles. The highest BCUT2D eigenvalue weighted by molar-refractivity contribution is 8.14. The molecule has 24 heavy (non-hydrogen) atoms. The lowest BCUT2D eigenvalue weighted by Crippen LogP contribution is -2.41. The molecule has 1 aliphatic heterocycles. The Balaban J connectivity index is 1.91. The Kier molecular flexibility index (Phi) is 4.56. The van der Waals surface area contributed by atoms with Crippen molar-refractivity contribution in [3.05, 3.63) is 66.2 Å². The molecule has 0 radical (unpaired) electrons. The van der Waals surface area contributed by atoms with Gasteiger partial charge in [-0.15, -0.1) is 0 Å². The molecule has 0 bridgehead atoms. The second-order valence-corrected chi connectivity index (χ2v) is 8.24. The Hall–Kier alpha value is -1.62. The topological polar surface area (TPSA) is 40.3 Å². The van der Waals surface area contributed by atoms with E-state index in [2.05, 4.69) is 25.7 Å². The zero-order chi connectivity index (χ0) is 17.4. The minimum atomic E-state index is -0.861. The summed E-state index contributed by atoms with van der Waals surface area (Å²) >= 11 is 1.22. The van der Waals surface area contributed by atoms with Crippen molar-refractivity contribution in [2.24, 2.45) is 0 Å². The number of aliphatic hydroxyl groups excluding tert-OH is 1. The average Bonchev–Trinajstić information content (AvgIpc) is 3.33. The molecule has 3 unspecified atom stereocenters. The summed E-state index contributed by atoms with van der Waals surface area (Å²) in [6.45, 7) is 6.80. The SMILES string of the molecule is CC(C)(C)N1CC1(C(=O)Sc1ccccc1)C(O)c1ccccc1. The van der Waals surface area contributed by atoms with E-state index in [1.54, 1.807) is 0 Å². The fourth-order valence-electron chi connectivity index (χ4n) is 3.16. The van der Waals surface area contributed by atoms with E-state index in [1.807, 2.05) is 60.7 Å². The molecule has 1 aliphatic rings. The third-order valence-electron chi connectivity index (χ3n) is 4.46. The summed E-state index contributed by atoms with van der Waals surface area (Å²) in [5.41, 5.74) is -0.255. The molecule has 2 aromatic rings. The van der Waals surface area contributed by atoms with Gasteiger partial charge in [-0.25, -0.2) is 0 Å². The first kappa shape index (κ1) is 17.2. The Morgan fingerprint density at radius 1 is 1.08 bits per heavy atom. The van der Waals surface area contributed by atoms with Gasteiger partial charge in [-0.05, 0) is 50.2 Å². The van der Waals surface area contributed by atoms with Gasteiger partial charge in [-0.1, -0.05) is 48.5 Å². The van der Waals surface area contributed by atoms with Crippen molar-refractivity contribution < 1.29 is 9.90 Å². The van der Waals surface area contributed by atoms with Crippen molar-refractivity contribution in [3.63, 3.8) is 0 Å². The standard InChI is InChI=1S/C20H23NO2S/c1-19(2,3)21-14-20(21,17(22)15-10-6-4-7-11-15)18(23)24-16-12-8-5-9-13-16/h4-13,17,22H,14H2,1-3H3. The predicted octanol–water partition coefficient (Wildman–Crippen LogP) is 3.89.